The number of hydrogen-bond acceptors (Lipinski definition) is 5. The second-order valence-electron chi connectivity index (χ2n) is 16.0. The van der Waals surface area contributed by atoms with Crippen LogP contribution in [0, 0.1) is 0 Å². The second kappa shape index (κ2) is 18.0. The second-order valence-corrected chi connectivity index (χ2v) is 16.0. The molecular formula is C61H41N5. The van der Waals surface area contributed by atoms with E-state index >= 15 is 0 Å². The van der Waals surface area contributed by atoms with E-state index in [1.54, 1.807) is 0 Å². The number of rotatable bonds is 10. The van der Waals surface area contributed by atoms with Gasteiger partial charge in [-0.25, -0.2) is 15.0 Å². The molecule has 0 amide bonds. The topological polar surface area (TPSA) is 64.5 Å². The van der Waals surface area contributed by atoms with Gasteiger partial charge in [-0.2, -0.15) is 0 Å². The van der Waals surface area contributed by atoms with Gasteiger partial charge in [-0.15, -0.1) is 0 Å². The van der Waals surface area contributed by atoms with Crippen molar-refractivity contribution in [3.63, 3.8) is 0 Å². The molecule has 0 aliphatic rings. The van der Waals surface area contributed by atoms with Crippen molar-refractivity contribution in [2.24, 2.45) is 0 Å². The van der Waals surface area contributed by atoms with Crippen molar-refractivity contribution in [2.75, 3.05) is 0 Å². The van der Waals surface area contributed by atoms with Gasteiger partial charge in [0.25, 0.3) is 0 Å². The highest BCUT2D eigenvalue weighted by Crippen LogP contribution is 2.55. The molecule has 3 heterocycles. The normalized spacial score (nSPS) is 11.0. The first-order chi connectivity index (χ1) is 32.8. The predicted molar refractivity (Wildman–Crippen MR) is 270 cm³/mol. The zero-order chi connectivity index (χ0) is 44.1. The zero-order valence-electron chi connectivity index (χ0n) is 35.9. The summed E-state index contributed by atoms with van der Waals surface area (Å²) in [7, 11) is 0. The molecule has 0 N–H and O–H groups in total. The lowest BCUT2D eigenvalue weighted by Crippen LogP contribution is -2.03. The number of hydrogen-bond donors (Lipinski definition) is 0. The molecular weight excluding hydrogens is 803 g/mol. The van der Waals surface area contributed by atoms with Gasteiger partial charge in [-0.05, 0) is 80.9 Å². The van der Waals surface area contributed by atoms with Crippen molar-refractivity contribution in [2.45, 2.75) is 0 Å². The van der Waals surface area contributed by atoms with Crippen LogP contribution in [-0.4, -0.2) is 24.9 Å². The first kappa shape index (κ1) is 39.9. The SMILES string of the molecule is c1ccc(-c2nc(-c3ccccc3)nc(-c3cccc(-c4cccc(-c5c(-c6ccccc6)c(-c6ccccc6)c(-c6ccccn6)c(-c6ccccn6)c5-c5ccccc5)c4)c3)n2)cc1. The standard InChI is InChI=1S/C61H41N5/c1-6-22-42(23-7-1)53-54(43-24-8-2-9-25-43)57(51-36-16-18-38-62-51)58(52-37-17-19-39-63-52)55(44-26-10-3-11-27-44)56(53)49-34-20-32-47(40-49)48-33-21-35-50(41-48)61-65-59(45-28-12-4-13-29-45)64-60(66-61)46-30-14-5-15-31-46/h1-41H. The fraction of sp³-hybridized carbons (Fsp3) is 0. The molecule has 0 unspecified atom stereocenters. The average Bonchev–Trinajstić information content (AvgIpc) is 3.41. The molecule has 5 nitrogen and oxygen atoms in total. The largest absolute Gasteiger partial charge is 0.256 e. The highest BCUT2D eigenvalue weighted by molar-refractivity contribution is 6.14. The fourth-order valence-corrected chi connectivity index (χ4v) is 8.88. The maximum absolute atomic E-state index is 5.10. The summed E-state index contributed by atoms with van der Waals surface area (Å²) in [6.07, 6.45) is 3.76. The van der Waals surface area contributed by atoms with Crippen LogP contribution >= 0.6 is 0 Å². The molecule has 0 saturated heterocycles. The Morgan fingerprint density at radius 3 is 0.879 bits per heavy atom. The molecule has 0 aliphatic carbocycles. The smallest absolute Gasteiger partial charge is 0.164 e. The van der Waals surface area contributed by atoms with Gasteiger partial charge in [0.2, 0.25) is 0 Å². The Bertz CT molecular complexity index is 3260. The number of pyridine rings is 2. The molecule has 0 fully saturated rings. The molecule has 8 aromatic carbocycles. The highest BCUT2D eigenvalue weighted by Gasteiger charge is 2.30. The molecule has 0 bridgehead atoms. The van der Waals surface area contributed by atoms with Crippen LogP contribution in [0.1, 0.15) is 0 Å². The van der Waals surface area contributed by atoms with Gasteiger partial charge in [-0.3, -0.25) is 9.97 Å². The van der Waals surface area contributed by atoms with E-state index in [1.165, 1.54) is 0 Å². The van der Waals surface area contributed by atoms with Crippen LogP contribution in [0.4, 0.5) is 0 Å². The van der Waals surface area contributed by atoms with Crippen molar-refractivity contribution in [1.82, 2.24) is 24.9 Å². The minimum absolute atomic E-state index is 0.607. The minimum Gasteiger partial charge on any atom is -0.256 e. The van der Waals surface area contributed by atoms with Crippen LogP contribution in [-0.2, 0) is 0 Å². The summed E-state index contributed by atoms with van der Waals surface area (Å²) in [5.74, 6) is 1.86. The van der Waals surface area contributed by atoms with E-state index in [2.05, 4.69) is 164 Å². The Morgan fingerprint density at radius 2 is 0.485 bits per heavy atom. The van der Waals surface area contributed by atoms with Crippen molar-refractivity contribution < 1.29 is 0 Å². The molecule has 0 saturated carbocycles. The van der Waals surface area contributed by atoms with Gasteiger partial charge in [0.1, 0.15) is 0 Å². The molecule has 11 rings (SSSR count). The summed E-state index contributed by atoms with van der Waals surface area (Å²) in [5.41, 5.74) is 17.3. The number of benzene rings is 8. The number of nitrogens with zero attached hydrogens (tertiary/aromatic N) is 5. The van der Waals surface area contributed by atoms with Gasteiger partial charge in [-0.1, -0.05) is 200 Å². The molecule has 0 radical (unpaired) electrons. The van der Waals surface area contributed by atoms with E-state index in [-0.39, 0.29) is 0 Å². The van der Waals surface area contributed by atoms with Crippen molar-refractivity contribution in [3.8, 4) is 112 Å². The van der Waals surface area contributed by atoms with Crippen LogP contribution < -0.4 is 0 Å². The van der Waals surface area contributed by atoms with Crippen LogP contribution in [0.3, 0.4) is 0 Å². The van der Waals surface area contributed by atoms with E-state index in [4.69, 9.17) is 24.9 Å². The maximum Gasteiger partial charge on any atom is 0.164 e. The van der Waals surface area contributed by atoms with Crippen LogP contribution in [0.2, 0.25) is 0 Å². The van der Waals surface area contributed by atoms with E-state index in [9.17, 15) is 0 Å². The summed E-state index contributed by atoms with van der Waals surface area (Å²) >= 11 is 0. The summed E-state index contributed by atoms with van der Waals surface area (Å²) in [5, 5.41) is 0. The Labute approximate surface area is 384 Å². The van der Waals surface area contributed by atoms with Gasteiger partial charge >= 0.3 is 0 Å². The van der Waals surface area contributed by atoms with E-state index < -0.39 is 0 Å². The predicted octanol–water partition coefficient (Wildman–Crippen LogP) is 15.3. The molecule has 3 aromatic heterocycles. The third kappa shape index (κ3) is 7.87. The lowest BCUT2D eigenvalue weighted by Gasteiger charge is -2.28. The maximum atomic E-state index is 5.10. The van der Waals surface area contributed by atoms with Gasteiger partial charge in [0.05, 0.1) is 11.4 Å². The Kier molecular flexibility index (Phi) is 10.9. The van der Waals surface area contributed by atoms with Crippen LogP contribution in [0.5, 0.6) is 0 Å². The number of aromatic nitrogens is 5. The van der Waals surface area contributed by atoms with Crippen molar-refractivity contribution in [1.29, 1.82) is 0 Å². The van der Waals surface area contributed by atoms with E-state index in [0.717, 1.165) is 94.8 Å². The Hall–Kier alpha value is -8.93. The zero-order valence-corrected chi connectivity index (χ0v) is 35.9. The summed E-state index contributed by atoms with van der Waals surface area (Å²) in [6, 6.07) is 82.1. The molecule has 5 heteroatoms. The van der Waals surface area contributed by atoms with Gasteiger partial charge < -0.3 is 0 Å². The first-order valence-electron chi connectivity index (χ1n) is 22.1. The molecule has 310 valence electrons. The highest BCUT2D eigenvalue weighted by atomic mass is 15.0. The Balaban J connectivity index is 1.19. The Morgan fingerprint density at radius 1 is 0.197 bits per heavy atom. The van der Waals surface area contributed by atoms with Crippen molar-refractivity contribution >= 4 is 0 Å². The van der Waals surface area contributed by atoms with Gasteiger partial charge in [0, 0.05) is 51.3 Å². The third-order valence-corrected chi connectivity index (χ3v) is 11.8. The lowest BCUT2D eigenvalue weighted by molar-refractivity contribution is 1.07. The van der Waals surface area contributed by atoms with Gasteiger partial charge in [0.15, 0.2) is 17.5 Å². The van der Waals surface area contributed by atoms with Crippen LogP contribution in [0.25, 0.3) is 112 Å². The third-order valence-electron chi connectivity index (χ3n) is 11.8. The fourth-order valence-electron chi connectivity index (χ4n) is 8.88. The van der Waals surface area contributed by atoms with E-state index in [1.807, 2.05) is 85.2 Å². The lowest BCUT2D eigenvalue weighted by atomic mass is 9.75. The summed E-state index contributed by atoms with van der Waals surface area (Å²) in [4.78, 5) is 25.3. The quantitative estimate of drug-likeness (QED) is 0.137. The summed E-state index contributed by atoms with van der Waals surface area (Å²) in [6.45, 7) is 0. The average molecular weight is 844 g/mol. The van der Waals surface area contributed by atoms with E-state index in [0.29, 0.717) is 17.5 Å². The molecule has 0 spiro atoms. The minimum atomic E-state index is 0.607. The van der Waals surface area contributed by atoms with Crippen LogP contribution in [0.15, 0.2) is 249 Å². The monoisotopic (exact) mass is 843 g/mol. The molecule has 66 heavy (non-hydrogen) atoms. The summed E-state index contributed by atoms with van der Waals surface area (Å²) < 4.78 is 0. The molecule has 0 aliphatic heterocycles. The molecule has 0 atom stereocenters. The first-order valence-corrected chi connectivity index (χ1v) is 22.1. The molecule has 11 aromatic rings. The van der Waals surface area contributed by atoms with Crippen molar-refractivity contribution in [3.05, 3.63) is 249 Å².